The van der Waals surface area contributed by atoms with Crippen LogP contribution in [0.5, 0.6) is 0 Å². The second kappa shape index (κ2) is 4.78. The van der Waals surface area contributed by atoms with Gasteiger partial charge in [0, 0.05) is 18.0 Å². The summed E-state index contributed by atoms with van der Waals surface area (Å²) in [6, 6.07) is 9.22. The maximum atomic E-state index is 13.5. The van der Waals surface area contributed by atoms with Crippen LogP contribution in [0.2, 0.25) is 0 Å². The van der Waals surface area contributed by atoms with Gasteiger partial charge in [0.25, 0.3) is 0 Å². The lowest BCUT2D eigenvalue weighted by molar-refractivity contribution is 0.577. The Bertz CT molecular complexity index is 834. The number of aryl methyl sites for hydroxylation is 1. The molecule has 4 heteroatoms. The first-order valence-corrected chi connectivity index (χ1v) is 6.03. The van der Waals surface area contributed by atoms with Gasteiger partial charge in [0.2, 0.25) is 0 Å². The van der Waals surface area contributed by atoms with E-state index in [2.05, 4.69) is 16.9 Å². The highest BCUT2D eigenvalue weighted by atomic mass is 19.1. The number of aromatic nitrogens is 2. The highest BCUT2D eigenvalue weighted by molar-refractivity contribution is 5.80. The van der Waals surface area contributed by atoms with Crippen molar-refractivity contribution in [3.63, 3.8) is 0 Å². The van der Waals surface area contributed by atoms with Crippen LogP contribution in [0.3, 0.4) is 0 Å². The third kappa shape index (κ3) is 2.14. The molecule has 0 saturated carbocycles. The Kier molecular flexibility index (Phi) is 2.96. The normalized spacial score (nSPS) is 10.3. The molecule has 0 aliphatic heterocycles. The van der Waals surface area contributed by atoms with Crippen LogP contribution in [0.1, 0.15) is 11.1 Å². The van der Waals surface area contributed by atoms with Gasteiger partial charge < -0.3 is 0 Å². The van der Waals surface area contributed by atoms with Crippen LogP contribution >= 0.6 is 0 Å². The summed E-state index contributed by atoms with van der Waals surface area (Å²) in [4.78, 5) is 0. The van der Waals surface area contributed by atoms with E-state index in [1.54, 1.807) is 16.9 Å². The Labute approximate surface area is 114 Å². The average molecular weight is 268 g/mol. The molecule has 0 spiro atoms. The first-order chi connectivity index (χ1) is 9.65. The van der Waals surface area contributed by atoms with Gasteiger partial charge in [-0.1, -0.05) is 17.9 Å². The van der Waals surface area contributed by atoms with E-state index in [0.717, 1.165) is 10.9 Å². The number of hydrogen-bond donors (Lipinski definition) is 0. The van der Waals surface area contributed by atoms with Gasteiger partial charge in [-0.15, -0.1) is 0 Å². The molecule has 1 heterocycles. The lowest BCUT2D eigenvalue weighted by Gasteiger charge is -1.97. The fourth-order valence-corrected chi connectivity index (χ4v) is 1.97. The Hall–Kier alpha value is -2.67. The Morgan fingerprint density at radius 3 is 2.55 bits per heavy atom. The predicted octanol–water partition coefficient (Wildman–Crippen LogP) is 3.25. The monoisotopic (exact) mass is 268 g/mol. The van der Waals surface area contributed by atoms with Crippen LogP contribution < -0.4 is 0 Å². The lowest BCUT2D eigenvalue weighted by Crippen LogP contribution is -1.90. The molecule has 0 aliphatic rings. The minimum absolute atomic E-state index is 0.211. The summed E-state index contributed by atoms with van der Waals surface area (Å²) < 4.78 is 28.7. The van der Waals surface area contributed by atoms with Crippen molar-refractivity contribution < 1.29 is 8.78 Å². The molecule has 0 atom stereocenters. The van der Waals surface area contributed by atoms with Crippen LogP contribution in [-0.4, -0.2) is 9.78 Å². The number of nitrogens with zero attached hydrogens (tertiary/aromatic N) is 2. The van der Waals surface area contributed by atoms with Gasteiger partial charge >= 0.3 is 0 Å². The average Bonchev–Trinajstić information content (AvgIpc) is 2.80. The Balaban J connectivity index is 2.05. The van der Waals surface area contributed by atoms with Crippen LogP contribution in [0, 0.1) is 23.5 Å². The van der Waals surface area contributed by atoms with Crippen molar-refractivity contribution in [2.75, 3.05) is 0 Å². The molecule has 0 fully saturated rings. The van der Waals surface area contributed by atoms with E-state index < -0.39 is 11.6 Å². The van der Waals surface area contributed by atoms with Crippen molar-refractivity contribution in [3.05, 3.63) is 65.4 Å². The predicted molar refractivity (Wildman–Crippen MR) is 73.1 cm³/mol. The van der Waals surface area contributed by atoms with E-state index in [-0.39, 0.29) is 5.56 Å². The summed E-state index contributed by atoms with van der Waals surface area (Å²) in [7, 11) is 1.83. The first kappa shape index (κ1) is 12.4. The topological polar surface area (TPSA) is 17.8 Å². The van der Waals surface area contributed by atoms with E-state index in [1.165, 1.54) is 18.2 Å². The molecule has 0 N–H and O–H groups in total. The largest absolute Gasteiger partial charge is 0.268 e. The maximum absolute atomic E-state index is 13.5. The van der Waals surface area contributed by atoms with E-state index in [1.807, 2.05) is 19.2 Å². The third-order valence-electron chi connectivity index (χ3n) is 3.04. The van der Waals surface area contributed by atoms with E-state index in [0.29, 0.717) is 5.56 Å². The summed E-state index contributed by atoms with van der Waals surface area (Å²) in [5.74, 6) is 4.02. The van der Waals surface area contributed by atoms with Crippen molar-refractivity contribution in [1.29, 1.82) is 0 Å². The third-order valence-corrected chi connectivity index (χ3v) is 3.04. The van der Waals surface area contributed by atoms with E-state index in [9.17, 15) is 8.78 Å². The second-order valence-corrected chi connectivity index (χ2v) is 4.39. The van der Waals surface area contributed by atoms with Gasteiger partial charge in [-0.2, -0.15) is 5.10 Å². The highest BCUT2D eigenvalue weighted by Crippen LogP contribution is 2.15. The van der Waals surface area contributed by atoms with Gasteiger partial charge in [-0.05, 0) is 30.3 Å². The summed E-state index contributed by atoms with van der Waals surface area (Å²) in [6.45, 7) is 0. The number of halogens is 2. The number of hydrogen-bond acceptors (Lipinski definition) is 1. The molecule has 0 amide bonds. The summed E-state index contributed by atoms with van der Waals surface area (Å²) in [6.07, 6.45) is 1.75. The molecule has 2 aromatic carbocycles. The molecule has 0 radical (unpaired) electrons. The summed E-state index contributed by atoms with van der Waals surface area (Å²) in [5.41, 5.74) is 1.40. The first-order valence-electron chi connectivity index (χ1n) is 6.03. The van der Waals surface area contributed by atoms with Crippen molar-refractivity contribution in [1.82, 2.24) is 9.78 Å². The zero-order valence-corrected chi connectivity index (χ0v) is 10.7. The van der Waals surface area contributed by atoms with Gasteiger partial charge in [0.1, 0.15) is 11.6 Å². The molecule has 0 saturated heterocycles. The minimum Gasteiger partial charge on any atom is -0.268 e. The van der Waals surface area contributed by atoms with Crippen LogP contribution in [0.4, 0.5) is 8.78 Å². The molecule has 2 nitrogen and oxygen atoms in total. The summed E-state index contributed by atoms with van der Waals surface area (Å²) >= 11 is 0. The van der Waals surface area contributed by atoms with Crippen molar-refractivity contribution in [3.8, 4) is 11.8 Å². The molecule has 0 aliphatic carbocycles. The lowest BCUT2D eigenvalue weighted by atomic mass is 10.1. The molecule has 3 rings (SSSR count). The van der Waals surface area contributed by atoms with Crippen LogP contribution in [0.15, 0.2) is 42.6 Å². The molecule has 98 valence electrons. The zero-order chi connectivity index (χ0) is 14.1. The van der Waals surface area contributed by atoms with Gasteiger partial charge in [0.15, 0.2) is 0 Å². The Morgan fingerprint density at radius 2 is 1.80 bits per heavy atom. The van der Waals surface area contributed by atoms with Crippen LogP contribution in [-0.2, 0) is 7.05 Å². The minimum atomic E-state index is -0.654. The molecule has 20 heavy (non-hydrogen) atoms. The fraction of sp³-hybridized carbons (Fsp3) is 0.0625. The molecule has 0 unspecified atom stereocenters. The van der Waals surface area contributed by atoms with Gasteiger partial charge in [-0.3, -0.25) is 4.68 Å². The molecular weight excluding hydrogens is 258 g/mol. The van der Waals surface area contributed by atoms with E-state index in [4.69, 9.17) is 0 Å². The van der Waals surface area contributed by atoms with Crippen molar-refractivity contribution >= 4 is 10.9 Å². The standard InChI is InChI=1S/C16H10F2N2/c1-20-16-9-11(5-7-12(16)10-19-20)6-8-13-14(17)3-2-4-15(13)18/h2-5,7,9-10H,1H3. The highest BCUT2D eigenvalue weighted by Gasteiger charge is 2.04. The van der Waals surface area contributed by atoms with E-state index >= 15 is 0 Å². The molecular formula is C16H10F2N2. The summed E-state index contributed by atoms with van der Waals surface area (Å²) in [5, 5.41) is 5.13. The number of fused-ring (bicyclic) bond motifs is 1. The van der Waals surface area contributed by atoms with Crippen molar-refractivity contribution in [2.24, 2.45) is 7.05 Å². The maximum Gasteiger partial charge on any atom is 0.141 e. The fourth-order valence-electron chi connectivity index (χ4n) is 1.97. The second-order valence-electron chi connectivity index (χ2n) is 4.39. The molecule has 0 bridgehead atoms. The molecule has 3 aromatic rings. The van der Waals surface area contributed by atoms with Gasteiger partial charge in [0.05, 0.1) is 17.3 Å². The smallest absolute Gasteiger partial charge is 0.141 e. The number of rotatable bonds is 0. The molecule has 1 aromatic heterocycles. The van der Waals surface area contributed by atoms with Crippen molar-refractivity contribution in [2.45, 2.75) is 0 Å². The quantitative estimate of drug-likeness (QED) is 0.572. The zero-order valence-electron chi connectivity index (χ0n) is 10.7. The SMILES string of the molecule is Cn1ncc2ccc(C#Cc3c(F)cccc3F)cc21. The Morgan fingerprint density at radius 1 is 1.05 bits per heavy atom. The number of benzene rings is 2. The van der Waals surface area contributed by atoms with Crippen LogP contribution in [0.25, 0.3) is 10.9 Å². The van der Waals surface area contributed by atoms with Gasteiger partial charge in [-0.25, -0.2) is 8.78 Å².